The van der Waals surface area contributed by atoms with E-state index >= 15 is 0 Å². The molecule has 0 aromatic heterocycles. The van der Waals surface area contributed by atoms with Crippen LogP contribution in [0, 0.1) is 0 Å². The molecule has 1 N–H and O–H groups in total. The van der Waals surface area contributed by atoms with E-state index in [1.165, 1.54) is 0 Å². The topological polar surface area (TPSA) is 21.3 Å². The number of likely N-dealkylation sites (N-methyl/N-ethyl adjacent to an activating group) is 1. The van der Waals surface area contributed by atoms with Crippen LogP contribution in [0.4, 0.5) is 0 Å². The Morgan fingerprint density at radius 2 is 1.93 bits per heavy atom. The summed E-state index contributed by atoms with van der Waals surface area (Å²) in [5.41, 5.74) is -0.0634. The predicted octanol–water partition coefficient (Wildman–Crippen LogP) is 3.37. The smallest absolute Gasteiger partial charge is 0.120 e. The lowest BCUT2D eigenvalue weighted by molar-refractivity contribution is 0.217. The second-order valence-corrected chi connectivity index (χ2v) is 4.81. The Labute approximate surface area is 101 Å². The Morgan fingerprint density at radius 3 is 2.47 bits per heavy atom. The molecule has 0 unspecified atom stereocenters. The molecule has 0 bridgehead atoms. The minimum Gasteiger partial charge on any atom is -0.492 e. The third-order valence-electron chi connectivity index (χ3n) is 2.17. The number of rotatable bonds is 4. The molecular weight excluding hydrogens is 233 g/mol. The molecule has 0 spiro atoms. The van der Waals surface area contributed by atoms with E-state index in [2.05, 4.69) is 19.2 Å². The number of hydrogen-bond acceptors (Lipinski definition) is 2. The molecule has 1 rings (SSSR count). The SMILES string of the molecule is CNC(C)(C)COc1ccc(Cl)c(Cl)c1. The van der Waals surface area contributed by atoms with Crippen LogP contribution in [-0.2, 0) is 0 Å². The fraction of sp³-hybridized carbons (Fsp3) is 0.455. The summed E-state index contributed by atoms with van der Waals surface area (Å²) in [6.07, 6.45) is 0. The average Bonchev–Trinajstić information content (AvgIpc) is 2.20. The molecule has 84 valence electrons. The van der Waals surface area contributed by atoms with Crippen molar-refractivity contribution in [2.75, 3.05) is 13.7 Å². The van der Waals surface area contributed by atoms with Crippen LogP contribution in [0.5, 0.6) is 5.75 Å². The minimum absolute atomic E-state index is 0.0634. The first-order valence-electron chi connectivity index (χ1n) is 4.71. The zero-order valence-electron chi connectivity index (χ0n) is 9.10. The molecule has 0 aliphatic heterocycles. The Morgan fingerprint density at radius 1 is 1.27 bits per heavy atom. The zero-order valence-corrected chi connectivity index (χ0v) is 10.6. The number of nitrogens with one attached hydrogen (secondary N) is 1. The molecule has 0 amide bonds. The van der Waals surface area contributed by atoms with E-state index in [1.54, 1.807) is 18.2 Å². The zero-order chi connectivity index (χ0) is 11.5. The number of ether oxygens (including phenoxy) is 1. The normalized spacial score (nSPS) is 11.5. The molecule has 0 aliphatic carbocycles. The van der Waals surface area contributed by atoms with Crippen LogP contribution in [0.3, 0.4) is 0 Å². The third kappa shape index (κ3) is 3.90. The van der Waals surface area contributed by atoms with Gasteiger partial charge in [0.25, 0.3) is 0 Å². The van der Waals surface area contributed by atoms with E-state index in [9.17, 15) is 0 Å². The summed E-state index contributed by atoms with van der Waals surface area (Å²) in [7, 11) is 1.90. The first-order chi connectivity index (χ1) is 6.94. The van der Waals surface area contributed by atoms with Crippen molar-refractivity contribution in [2.45, 2.75) is 19.4 Å². The molecule has 0 fully saturated rings. The van der Waals surface area contributed by atoms with Crippen molar-refractivity contribution in [3.05, 3.63) is 28.2 Å². The molecule has 1 aromatic rings. The Kier molecular flexibility index (Phi) is 4.26. The van der Waals surface area contributed by atoms with Crippen molar-refractivity contribution in [3.63, 3.8) is 0 Å². The molecule has 2 nitrogen and oxygen atoms in total. The summed E-state index contributed by atoms with van der Waals surface area (Å²) in [5, 5.41) is 4.20. The monoisotopic (exact) mass is 247 g/mol. The number of hydrogen-bond donors (Lipinski definition) is 1. The van der Waals surface area contributed by atoms with Crippen LogP contribution < -0.4 is 10.1 Å². The van der Waals surface area contributed by atoms with Gasteiger partial charge >= 0.3 is 0 Å². The lowest BCUT2D eigenvalue weighted by Crippen LogP contribution is -2.42. The quantitative estimate of drug-likeness (QED) is 0.882. The average molecular weight is 248 g/mol. The van der Waals surface area contributed by atoms with Crippen molar-refractivity contribution in [1.29, 1.82) is 0 Å². The molecule has 0 heterocycles. The fourth-order valence-electron chi connectivity index (χ4n) is 0.903. The van der Waals surface area contributed by atoms with Crippen molar-refractivity contribution < 1.29 is 4.74 Å². The lowest BCUT2D eigenvalue weighted by Gasteiger charge is -2.24. The van der Waals surface area contributed by atoms with Crippen molar-refractivity contribution in [1.82, 2.24) is 5.32 Å². The second kappa shape index (κ2) is 5.06. The van der Waals surface area contributed by atoms with Gasteiger partial charge in [0.15, 0.2) is 0 Å². The van der Waals surface area contributed by atoms with Crippen LogP contribution in [-0.4, -0.2) is 19.2 Å². The summed E-state index contributed by atoms with van der Waals surface area (Å²) in [5.74, 6) is 0.729. The standard InChI is InChI=1S/C11H15Cl2NO/c1-11(2,14-3)7-15-8-4-5-9(12)10(13)6-8/h4-6,14H,7H2,1-3H3. The Hall–Kier alpha value is -0.440. The van der Waals surface area contributed by atoms with Gasteiger partial charge in [-0.2, -0.15) is 0 Å². The highest BCUT2D eigenvalue weighted by atomic mass is 35.5. The van der Waals surface area contributed by atoms with Crippen LogP contribution in [0.1, 0.15) is 13.8 Å². The molecule has 4 heteroatoms. The molecule has 0 saturated carbocycles. The molecule has 15 heavy (non-hydrogen) atoms. The highest BCUT2D eigenvalue weighted by Gasteiger charge is 2.15. The van der Waals surface area contributed by atoms with Crippen LogP contribution in [0.15, 0.2) is 18.2 Å². The van der Waals surface area contributed by atoms with Gasteiger partial charge in [0.1, 0.15) is 12.4 Å². The van der Waals surface area contributed by atoms with Crippen LogP contribution in [0.25, 0.3) is 0 Å². The van der Waals surface area contributed by atoms with Gasteiger partial charge in [0, 0.05) is 11.6 Å². The number of halogens is 2. The van der Waals surface area contributed by atoms with E-state index < -0.39 is 0 Å². The van der Waals surface area contributed by atoms with E-state index in [0.717, 1.165) is 5.75 Å². The lowest BCUT2D eigenvalue weighted by atomic mass is 10.1. The van der Waals surface area contributed by atoms with E-state index in [1.807, 2.05) is 7.05 Å². The van der Waals surface area contributed by atoms with Gasteiger partial charge < -0.3 is 10.1 Å². The van der Waals surface area contributed by atoms with Crippen molar-refractivity contribution >= 4 is 23.2 Å². The highest BCUT2D eigenvalue weighted by molar-refractivity contribution is 6.42. The molecule has 0 aliphatic rings. The van der Waals surface area contributed by atoms with Crippen LogP contribution >= 0.6 is 23.2 Å². The van der Waals surface area contributed by atoms with Gasteiger partial charge in [-0.3, -0.25) is 0 Å². The van der Waals surface area contributed by atoms with Crippen molar-refractivity contribution in [2.24, 2.45) is 0 Å². The molecular formula is C11H15Cl2NO. The van der Waals surface area contributed by atoms with Gasteiger partial charge in [-0.25, -0.2) is 0 Å². The van der Waals surface area contributed by atoms with E-state index in [0.29, 0.717) is 16.7 Å². The molecule has 0 radical (unpaired) electrons. The largest absolute Gasteiger partial charge is 0.492 e. The predicted molar refractivity (Wildman–Crippen MR) is 65.1 cm³/mol. The molecule has 0 atom stereocenters. The van der Waals surface area contributed by atoms with Crippen molar-refractivity contribution in [3.8, 4) is 5.75 Å². The van der Waals surface area contributed by atoms with Gasteiger partial charge in [0.05, 0.1) is 10.0 Å². The summed E-state index contributed by atoms with van der Waals surface area (Å²) in [6.45, 7) is 4.69. The van der Waals surface area contributed by atoms with Gasteiger partial charge in [-0.05, 0) is 33.0 Å². The highest BCUT2D eigenvalue weighted by Crippen LogP contribution is 2.26. The Bertz CT molecular complexity index is 339. The van der Waals surface area contributed by atoms with Gasteiger partial charge in [0.2, 0.25) is 0 Å². The summed E-state index contributed by atoms with van der Waals surface area (Å²) in [4.78, 5) is 0. The number of benzene rings is 1. The van der Waals surface area contributed by atoms with E-state index in [-0.39, 0.29) is 5.54 Å². The second-order valence-electron chi connectivity index (χ2n) is 4.00. The summed E-state index contributed by atoms with van der Waals surface area (Å²) >= 11 is 11.7. The Balaban J connectivity index is 2.62. The maximum Gasteiger partial charge on any atom is 0.120 e. The molecule has 1 aromatic carbocycles. The maximum absolute atomic E-state index is 5.87. The third-order valence-corrected chi connectivity index (χ3v) is 2.91. The van der Waals surface area contributed by atoms with E-state index in [4.69, 9.17) is 27.9 Å². The molecule has 0 saturated heterocycles. The first kappa shape index (κ1) is 12.6. The van der Waals surface area contributed by atoms with Gasteiger partial charge in [-0.15, -0.1) is 0 Å². The van der Waals surface area contributed by atoms with Crippen LogP contribution in [0.2, 0.25) is 10.0 Å². The fourth-order valence-corrected chi connectivity index (χ4v) is 1.19. The minimum atomic E-state index is -0.0634. The summed E-state index contributed by atoms with van der Waals surface area (Å²) < 4.78 is 5.59. The summed E-state index contributed by atoms with van der Waals surface area (Å²) in [6, 6.07) is 5.25. The maximum atomic E-state index is 5.87. The van der Waals surface area contributed by atoms with Gasteiger partial charge in [-0.1, -0.05) is 23.2 Å². The first-order valence-corrected chi connectivity index (χ1v) is 5.47.